The molecule has 3 heteroatoms. The van der Waals surface area contributed by atoms with Crippen LogP contribution in [0.25, 0.3) is 10.8 Å². The third-order valence-electron chi connectivity index (χ3n) is 4.95. The summed E-state index contributed by atoms with van der Waals surface area (Å²) in [6.07, 6.45) is 7.51. The van der Waals surface area contributed by atoms with Crippen LogP contribution in [0.5, 0.6) is 0 Å². The standard InChI is InChI=1S/C17H23N3/c1-3-12-4-6-15(11(12)2)20-16-7-5-13-10-19-9-8-14(13)17(16)18/h5,7-12,15,20H,3-4,6,18H2,1-2H3. The van der Waals surface area contributed by atoms with E-state index < -0.39 is 0 Å². The van der Waals surface area contributed by atoms with E-state index in [0.717, 1.165) is 28.1 Å². The lowest BCUT2D eigenvalue weighted by Gasteiger charge is -2.23. The Bertz CT molecular complexity index is 608. The lowest BCUT2D eigenvalue weighted by molar-refractivity contribution is 0.392. The first kappa shape index (κ1) is 13.2. The lowest BCUT2D eigenvalue weighted by atomic mass is 9.93. The fourth-order valence-electron chi connectivity index (χ4n) is 3.55. The van der Waals surface area contributed by atoms with Gasteiger partial charge in [0.25, 0.3) is 0 Å². The number of nitrogens with zero attached hydrogens (tertiary/aromatic N) is 1. The molecule has 3 unspecified atom stereocenters. The Morgan fingerprint density at radius 3 is 2.90 bits per heavy atom. The molecule has 3 N–H and O–H groups in total. The molecule has 0 bridgehead atoms. The van der Waals surface area contributed by atoms with Crippen LogP contribution in [0.2, 0.25) is 0 Å². The summed E-state index contributed by atoms with van der Waals surface area (Å²) in [5.41, 5.74) is 8.23. The second-order valence-corrected chi connectivity index (χ2v) is 5.98. The van der Waals surface area contributed by atoms with Crippen molar-refractivity contribution in [2.45, 2.75) is 39.2 Å². The molecule has 3 rings (SSSR count). The maximum absolute atomic E-state index is 6.32. The molecule has 1 saturated carbocycles. The molecule has 1 aromatic carbocycles. The first-order chi connectivity index (χ1) is 9.70. The van der Waals surface area contributed by atoms with Crippen LogP contribution in [0.15, 0.2) is 30.6 Å². The summed E-state index contributed by atoms with van der Waals surface area (Å²) in [5, 5.41) is 5.85. The van der Waals surface area contributed by atoms with Gasteiger partial charge in [0.05, 0.1) is 11.4 Å². The van der Waals surface area contributed by atoms with Gasteiger partial charge in [-0.1, -0.05) is 26.3 Å². The van der Waals surface area contributed by atoms with Crippen LogP contribution >= 0.6 is 0 Å². The molecule has 0 radical (unpaired) electrons. The Labute approximate surface area is 120 Å². The maximum atomic E-state index is 6.32. The highest BCUT2D eigenvalue weighted by Gasteiger charge is 2.31. The van der Waals surface area contributed by atoms with E-state index in [1.807, 2.05) is 12.3 Å². The molecule has 3 atom stereocenters. The van der Waals surface area contributed by atoms with Crippen LogP contribution in [0, 0.1) is 11.8 Å². The van der Waals surface area contributed by atoms with Crippen molar-refractivity contribution in [3.63, 3.8) is 0 Å². The lowest BCUT2D eigenvalue weighted by Crippen LogP contribution is -2.25. The number of nitrogens with one attached hydrogen (secondary N) is 1. The molecule has 106 valence electrons. The van der Waals surface area contributed by atoms with Crippen molar-refractivity contribution in [3.05, 3.63) is 30.6 Å². The Kier molecular flexibility index (Phi) is 3.51. The monoisotopic (exact) mass is 269 g/mol. The average Bonchev–Trinajstić information content (AvgIpc) is 2.83. The second-order valence-electron chi connectivity index (χ2n) is 5.98. The van der Waals surface area contributed by atoms with Gasteiger partial charge in [-0.05, 0) is 36.8 Å². The van der Waals surface area contributed by atoms with Crippen LogP contribution in [-0.2, 0) is 0 Å². The number of hydrogen-bond donors (Lipinski definition) is 2. The molecule has 2 aromatic rings. The molecule has 0 spiro atoms. The highest BCUT2D eigenvalue weighted by Crippen LogP contribution is 2.37. The van der Waals surface area contributed by atoms with Crippen LogP contribution in [-0.4, -0.2) is 11.0 Å². The van der Waals surface area contributed by atoms with Crippen molar-refractivity contribution in [2.75, 3.05) is 11.1 Å². The van der Waals surface area contributed by atoms with E-state index in [1.54, 1.807) is 6.20 Å². The van der Waals surface area contributed by atoms with Crippen LogP contribution in [0.4, 0.5) is 11.4 Å². The maximum Gasteiger partial charge on any atom is 0.0630 e. The van der Waals surface area contributed by atoms with Gasteiger partial charge >= 0.3 is 0 Å². The van der Waals surface area contributed by atoms with E-state index in [1.165, 1.54) is 19.3 Å². The Hall–Kier alpha value is -1.77. The van der Waals surface area contributed by atoms with E-state index >= 15 is 0 Å². The number of hydrogen-bond acceptors (Lipinski definition) is 3. The van der Waals surface area contributed by atoms with Crippen molar-refractivity contribution in [2.24, 2.45) is 11.8 Å². The summed E-state index contributed by atoms with van der Waals surface area (Å²) >= 11 is 0. The van der Waals surface area contributed by atoms with Gasteiger partial charge in [-0.3, -0.25) is 4.98 Å². The fourth-order valence-corrected chi connectivity index (χ4v) is 3.55. The topological polar surface area (TPSA) is 50.9 Å². The summed E-state index contributed by atoms with van der Waals surface area (Å²) < 4.78 is 0. The number of benzene rings is 1. The second kappa shape index (κ2) is 5.31. The van der Waals surface area contributed by atoms with E-state index in [-0.39, 0.29) is 0 Å². The third-order valence-corrected chi connectivity index (χ3v) is 4.95. The largest absolute Gasteiger partial charge is 0.397 e. The van der Waals surface area contributed by atoms with Crippen molar-refractivity contribution >= 4 is 22.1 Å². The number of anilines is 2. The first-order valence-electron chi connectivity index (χ1n) is 7.59. The SMILES string of the molecule is CCC1CCC(Nc2ccc3cnccc3c2N)C1C. The van der Waals surface area contributed by atoms with Crippen LogP contribution in [0.3, 0.4) is 0 Å². The molecule has 0 aliphatic heterocycles. The Morgan fingerprint density at radius 1 is 1.30 bits per heavy atom. The number of nitrogen functional groups attached to an aromatic ring is 1. The Morgan fingerprint density at radius 2 is 2.15 bits per heavy atom. The van der Waals surface area contributed by atoms with Gasteiger partial charge in [-0.2, -0.15) is 0 Å². The molecular weight excluding hydrogens is 246 g/mol. The van der Waals surface area contributed by atoms with Gasteiger partial charge in [0, 0.05) is 29.2 Å². The van der Waals surface area contributed by atoms with Gasteiger partial charge in [-0.25, -0.2) is 0 Å². The van der Waals surface area contributed by atoms with Gasteiger partial charge in [0.15, 0.2) is 0 Å². The van der Waals surface area contributed by atoms with E-state index in [0.29, 0.717) is 12.0 Å². The first-order valence-corrected chi connectivity index (χ1v) is 7.59. The average molecular weight is 269 g/mol. The fraction of sp³-hybridized carbons (Fsp3) is 0.471. The van der Waals surface area contributed by atoms with Crippen molar-refractivity contribution in [1.29, 1.82) is 0 Å². The molecule has 1 fully saturated rings. The number of rotatable bonds is 3. The van der Waals surface area contributed by atoms with Gasteiger partial charge < -0.3 is 11.1 Å². The van der Waals surface area contributed by atoms with E-state index in [4.69, 9.17) is 5.73 Å². The minimum atomic E-state index is 0.543. The predicted molar refractivity (Wildman–Crippen MR) is 85.7 cm³/mol. The molecule has 20 heavy (non-hydrogen) atoms. The number of pyridine rings is 1. The minimum Gasteiger partial charge on any atom is -0.397 e. The smallest absolute Gasteiger partial charge is 0.0630 e. The zero-order valence-corrected chi connectivity index (χ0v) is 12.3. The van der Waals surface area contributed by atoms with Gasteiger partial charge in [0.2, 0.25) is 0 Å². The molecule has 1 heterocycles. The number of fused-ring (bicyclic) bond motifs is 1. The van der Waals surface area contributed by atoms with Gasteiger partial charge in [0.1, 0.15) is 0 Å². The van der Waals surface area contributed by atoms with E-state index in [2.05, 4.69) is 36.3 Å². The summed E-state index contributed by atoms with van der Waals surface area (Å²) in [5.74, 6) is 1.56. The minimum absolute atomic E-state index is 0.543. The highest BCUT2D eigenvalue weighted by molar-refractivity contribution is 5.98. The number of aromatic nitrogens is 1. The zero-order valence-electron chi connectivity index (χ0n) is 12.3. The predicted octanol–water partition coefficient (Wildman–Crippen LogP) is 4.05. The summed E-state index contributed by atoms with van der Waals surface area (Å²) in [6, 6.07) is 6.72. The van der Waals surface area contributed by atoms with Gasteiger partial charge in [-0.15, -0.1) is 0 Å². The molecule has 0 amide bonds. The molecule has 3 nitrogen and oxygen atoms in total. The molecular formula is C17H23N3. The molecule has 1 aromatic heterocycles. The molecule has 0 saturated heterocycles. The van der Waals surface area contributed by atoms with Crippen molar-refractivity contribution < 1.29 is 0 Å². The molecule has 1 aliphatic rings. The zero-order chi connectivity index (χ0) is 14.1. The summed E-state index contributed by atoms with van der Waals surface area (Å²) in [4.78, 5) is 4.14. The Balaban J connectivity index is 1.86. The van der Waals surface area contributed by atoms with Crippen LogP contribution < -0.4 is 11.1 Å². The highest BCUT2D eigenvalue weighted by atomic mass is 15.0. The third kappa shape index (κ3) is 2.21. The van der Waals surface area contributed by atoms with Crippen molar-refractivity contribution in [3.8, 4) is 0 Å². The van der Waals surface area contributed by atoms with E-state index in [9.17, 15) is 0 Å². The van der Waals surface area contributed by atoms with Crippen LogP contribution in [0.1, 0.15) is 33.1 Å². The normalized spacial score (nSPS) is 26.0. The summed E-state index contributed by atoms with van der Waals surface area (Å²) in [7, 11) is 0. The number of nitrogens with two attached hydrogens (primary N) is 1. The summed E-state index contributed by atoms with van der Waals surface area (Å²) in [6.45, 7) is 4.65. The molecule has 1 aliphatic carbocycles. The van der Waals surface area contributed by atoms with Crippen molar-refractivity contribution in [1.82, 2.24) is 4.98 Å². The quantitative estimate of drug-likeness (QED) is 0.826.